The molecule has 1 fully saturated rings. The fraction of sp³-hybridized carbons (Fsp3) is 0.300. The van der Waals surface area contributed by atoms with Gasteiger partial charge in [-0.2, -0.15) is 0 Å². The largest absolute Gasteiger partial charge is 0.479 e. The Kier molecular flexibility index (Phi) is 10.3. The van der Waals surface area contributed by atoms with Crippen molar-refractivity contribution in [2.45, 2.75) is 50.7 Å². The van der Waals surface area contributed by atoms with Crippen LogP contribution in [0, 0.1) is 0 Å². The summed E-state index contributed by atoms with van der Waals surface area (Å²) in [4.78, 5) is 38.1. The van der Waals surface area contributed by atoms with Crippen molar-refractivity contribution in [2.75, 3.05) is 16.8 Å². The van der Waals surface area contributed by atoms with E-state index in [1.165, 1.54) is 37.7 Å². The van der Waals surface area contributed by atoms with E-state index >= 15 is 0 Å². The third-order valence-electron chi connectivity index (χ3n) is 6.91. The maximum atomic E-state index is 13.5. The second-order valence-electron chi connectivity index (χ2n) is 9.81. The van der Waals surface area contributed by atoms with Crippen molar-refractivity contribution < 1.29 is 23.9 Å². The molecule has 0 aromatic heterocycles. The Hall–Kier alpha value is -3.24. The lowest BCUT2D eigenvalue weighted by molar-refractivity contribution is -0.142. The zero-order valence-corrected chi connectivity index (χ0v) is 24.9. The summed E-state index contributed by atoms with van der Waals surface area (Å²) in [6.45, 7) is -0.385. The van der Waals surface area contributed by atoms with Crippen molar-refractivity contribution in [3.63, 3.8) is 0 Å². The van der Waals surface area contributed by atoms with Crippen molar-refractivity contribution >= 4 is 61.1 Å². The number of hydrogen-bond acceptors (Lipinski definition) is 3. The number of urea groups is 1. The number of halogens is 3. The van der Waals surface area contributed by atoms with Crippen LogP contribution in [0.2, 0.25) is 0 Å². The van der Waals surface area contributed by atoms with Gasteiger partial charge in [0.25, 0.3) is 5.91 Å². The molecule has 7 nitrogen and oxygen atoms in total. The molecule has 210 valence electrons. The predicted molar refractivity (Wildman–Crippen MR) is 161 cm³/mol. The van der Waals surface area contributed by atoms with Crippen LogP contribution >= 0.6 is 31.9 Å². The zero-order chi connectivity index (χ0) is 28.6. The molecule has 3 amide bonds. The molecule has 3 N–H and O–H groups in total. The van der Waals surface area contributed by atoms with Gasteiger partial charge in [-0.15, -0.1) is 0 Å². The number of carboxylic acids is 1. The Bertz CT molecular complexity index is 1330. The lowest BCUT2D eigenvalue weighted by atomic mass is 9.84. The Morgan fingerprint density at radius 3 is 2.15 bits per heavy atom. The number of anilines is 2. The highest BCUT2D eigenvalue weighted by Crippen LogP contribution is 2.34. The van der Waals surface area contributed by atoms with Gasteiger partial charge in [0, 0.05) is 25.9 Å². The zero-order valence-electron chi connectivity index (χ0n) is 21.7. The van der Waals surface area contributed by atoms with E-state index in [1.54, 1.807) is 29.2 Å². The van der Waals surface area contributed by atoms with Crippen LogP contribution in [-0.2, 0) is 11.3 Å². The quantitative estimate of drug-likeness (QED) is 0.217. The van der Waals surface area contributed by atoms with Crippen LogP contribution in [0.1, 0.15) is 59.5 Å². The summed E-state index contributed by atoms with van der Waals surface area (Å²) >= 11 is 6.90. The number of carboxylic acid groups (broad SMARTS) is 1. The first-order chi connectivity index (χ1) is 19.2. The first-order valence-corrected chi connectivity index (χ1v) is 14.7. The summed E-state index contributed by atoms with van der Waals surface area (Å²) in [7, 11) is 0. The summed E-state index contributed by atoms with van der Waals surface area (Å²) < 4.78 is 14.9. The van der Waals surface area contributed by atoms with Gasteiger partial charge >= 0.3 is 12.0 Å². The van der Waals surface area contributed by atoms with Gasteiger partial charge in [-0.3, -0.25) is 9.69 Å². The van der Waals surface area contributed by atoms with E-state index in [0.717, 1.165) is 20.2 Å². The molecule has 10 heteroatoms. The molecule has 1 saturated carbocycles. The third-order valence-corrected chi connectivity index (χ3v) is 7.82. The van der Waals surface area contributed by atoms with Gasteiger partial charge in [0.15, 0.2) is 0 Å². The monoisotopic (exact) mass is 673 g/mol. The number of rotatable bonds is 9. The van der Waals surface area contributed by atoms with Gasteiger partial charge in [0.05, 0.1) is 13.1 Å². The fourth-order valence-electron chi connectivity index (χ4n) is 4.78. The molecule has 0 heterocycles. The highest BCUT2D eigenvalue weighted by molar-refractivity contribution is 9.11. The van der Waals surface area contributed by atoms with Crippen LogP contribution in [0.5, 0.6) is 0 Å². The molecule has 1 unspecified atom stereocenters. The van der Waals surface area contributed by atoms with E-state index in [0.29, 0.717) is 11.6 Å². The van der Waals surface area contributed by atoms with E-state index in [-0.39, 0.29) is 18.1 Å². The molecule has 0 saturated heterocycles. The molecule has 1 aliphatic carbocycles. The topological polar surface area (TPSA) is 98.7 Å². The van der Waals surface area contributed by atoms with Gasteiger partial charge in [0.1, 0.15) is 0 Å². The minimum Gasteiger partial charge on any atom is -0.479 e. The van der Waals surface area contributed by atoms with E-state index in [4.69, 9.17) is 5.11 Å². The number of benzene rings is 3. The molecule has 1 atom stereocenters. The maximum absolute atomic E-state index is 13.5. The van der Waals surface area contributed by atoms with E-state index in [1.807, 2.05) is 30.3 Å². The first kappa shape index (κ1) is 29.7. The smallest absolute Gasteiger partial charge is 0.340 e. The molecule has 0 aliphatic heterocycles. The minimum atomic E-state index is -2.18. The highest BCUT2D eigenvalue weighted by atomic mass is 79.9. The molecule has 0 bridgehead atoms. The normalized spacial score (nSPS) is 14.3. The molecular weight excluding hydrogens is 645 g/mol. The molecule has 0 radical (unpaired) electrons. The van der Waals surface area contributed by atoms with Crippen LogP contribution in [0.15, 0.2) is 75.7 Å². The molecule has 0 spiro atoms. The third kappa shape index (κ3) is 8.14. The SMILES string of the molecule is O=C(NCC(F)C(=O)O)c1ccc(CN(C(=O)Nc2cc(Br)cc(Br)c2)c2ccc(C3CCCCC3)cc2)cc1. The molecule has 40 heavy (non-hydrogen) atoms. The average molecular weight is 675 g/mol. The second-order valence-corrected chi connectivity index (χ2v) is 11.6. The molecule has 3 aromatic carbocycles. The summed E-state index contributed by atoms with van der Waals surface area (Å²) in [5.74, 6) is -1.66. The summed E-state index contributed by atoms with van der Waals surface area (Å²) in [5, 5.41) is 13.9. The maximum Gasteiger partial charge on any atom is 0.340 e. The van der Waals surface area contributed by atoms with Gasteiger partial charge < -0.3 is 15.7 Å². The number of alkyl halides is 1. The van der Waals surface area contributed by atoms with Gasteiger partial charge in [-0.1, -0.05) is 75.4 Å². The van der Waals surface area contributed by atoms with Gasteiger partial charge in [-0.05, 0) is 72.4 Å². The highest BCUT2D eigenvalue weighted by Gasteiger charge is 2.21. The van der Waals surface area contributed by atoms with Crippen molar-refractivity contribution in [3.8, 4) is 0 Å². The van der Waals surface area contributed by atoms with E-state index < -0.39 is 24.6 Å². The van der Waals surface area contributed by atoms with Crippen LogP contribution < -0.4 is 15.5 Å². The van der Waals surface area contributed by atoms with Gasteiger partial charge in [0.2, 0.25) is 6.17 Å². The van der Waals surface area contributed by atoms with Crippen molar-refractivity contribution in [1.82, 2.24) is 5.32 Å². The molecular formula is C30H30Br2FN3O4. The minimum absolute atomic E-state index is 0.233. The summed E-state index contributed by atoms with van der Waals surface area (Å²) in [5.41, 5.74) is 3.67. The lowest BCUT2D eigenvalue weighted by Gasteiger charge is -2.26. The van der Waals surface area contributed by atoms with Gasteiger partial charge in [-0.25, -0.2) is 14.0 Å². The van der Waals surface area contributed by atoms with E-state index in [2.05, 4.69) is 54.6 Å². The summed E-state index contributed by atoms with van der Waals surface area (Å²) in [6.07, 6.45) is 3.96. The predicted octanol–water partition coefficient (Wildman–Crippen LogP) is 7.65. The number of nitrogens with one attached hydrogen (secondary N) is 2. The second kappa shape index (κ2) is 13.9. The standard InChI is InChI=1S/C30H30Br2FN3O4/c31-23-14-24(32)16-25(15-23)35-30(40)36(26-12-10-21(11-13-26)20-4-2-1-3-5-20)18-19-6-8-22(9-7-19)28(37)34-17-27(33)29(38)39/h6-16,20,27H,1-5,17-18H2,(H,34,37)(H,35,40)(H,38,39). The lowest BCUT2D eigenvalue weighted by Crippen LogP contribution is -2.35. The number of carbonyl (C=O) groups excluding carboxylic acids is 2. The van der Waals surface area contributed by atoms with Crippen molar-refractivity contribution in [3.05, 3.63) is 92.4 Å². The number of carbonyl (C=O) groups is 3. The number of aliphatic carboxylic acids is 1. The fourth-order valence-corrected chi connectivity index (χ4v) is 6.07. The number of nitrogens with zero attached hydrogens (tertiary/aromatic N) is 1. The van der Waals surface area contributed by atoms with Crippen LogP contribution in [0.3, 0.4) is 0 Å². The molecule has 1 aliphatic rings. The summed E-state index contributed by atoms with van der Waals surface area (Å²) in [6, 6.07) is 19.9. The van der Waals surface area contributed by atoms with Crippen LogP contribution in [0.25, 0.3) is 0 Å². The molecule has 4 rings (SSSR count). The average Bonchev–Trinajstić information content (AvgIpc) is 2.94. The Morgan fingerprint density at radius 2 is 1.55 bits per heavy atom. The first-order valence-electron chi connectivity index (χ1n) is 13.1. The molecule has 3 aromatic rings. The Labute approximate surface area is 249 Å². The Morgan fingerprint density at radius 1 is 0.925 bits per heavy atom. The van der Waals surface area contributed by atoms with Crippen LogP contribution in [0.4, 0.5) is 20.6 Å². The van der Waals surface area contributed by atoms with Crippen molar-refractivity contribution in [2.24, 2.45) is 0 Å². The van der Waals surface area contributed by atoms with Crippen molar-refractivity contribution in [1.29, 1.82) is 0 Å². The number of hydrogen-bond donors (Lipinski definition) is 3. The van der Waals surface area contributed by atoms with Crippen LogP contribution in [-0.4, -0.2) is 35.7 Å². The number of amides is 3. The Balaban J connectivity index is 1.52. The van der Waals surface area contributed by atoms with E-state index in [9.17, 15) is 18.8 Å².